The largest absolute Gasteiger partial charge is 0.480 e. The van der Waals surface area contributed by atoms with Crippen molar-refractivity contribution in [3.8, 4) is 17.7 Å². The van der Waals surface area contributed by atoms with Crippen LogP contribution in [0.4, 0.5) is 5.69 Å². The van der Waals surface area contributed by atoms with Crippen molar-refractivity contribution >= 4 is 26.5 Å². The molecular formula is C26H21NO3S. The van der Waals surface area contributed by atoms with Gasteiger partial charge in [-0.05, 0) is 48.6 Å². The molecule has 0 heterocycles. The van der Waals surface area contributed by atoms with Crippen LogP contribution in [0.25, 0.3) is 10.8 Å². The number of anilines is 1. The maximum Gasteiger partial charge on any atom is 0.275 e. The molecule has 0 radical (unpaired) electrons. The molecular weight excluding hydrogens is 406 g/mol. The fourth-order valence-corrected chi connectivity index (χ4v) is 4.46. The summed E-state index contributed by atoms with van der Waals surface area (Å²) in [5.41, 5.74) is 1.46. The number of fused-ring (bicyclic) bond motifs is 1. The average Bonchev–Trinajstić information content (AvgIpc) is 2.80. The number of hydrogen-bond acceptors (Lipinski definition) is 3. The molecule has 0 fully saturated rings. The van der Waals surface area contributed by atoms with Crippen LogP contribution in [0.3, 0.4) is 0 Å². The highest BCUT2D eigenvalue weighted by Gasteiger charge is 2.23. The molecule has 0 aliphatic heterocycles. The Morgan fingerprint density at radius 1 is 0.806 bits per heavy atom. The van der Waals surface area contributed by atoms with Gasteiger partial charge in [0.25, 0.3) is 10.0 Å². The van der Waals surface area contributed by atoms with Gasteiger partial charge in [0.05, 0.1) is 10.6 Å². The maximum absolute atomic E-state index is 13.3. The first-order valence-corrected chi connectivity index (χ1v) is 11.3. The first-order valence-electron chi connectivity index (χ1n) is 9.82. The second kappa shape index (κ2) is 8.95. The highest BCUT2D eigenvalue weighted by atomic mass is 32.2. The molecule has 0 amide bonds. The minimum absolute atomic E-state index is 0.0563. The first-order chi connectivity index (χ1) is 15.1. The summed E-state index contributed by atoms with van der Waals surface area (Å²) in [7, 11) is -3.85. The van der Waals surface area contributed by atoms with Gasteiger partial charge in [0.1, 0.15) is 5.75 Å². The number of para-hydroxylation sites is 1. The zero-order valence-corrected chi connectivity index (χ0v) is 17.8. The van der Waals surface area contributed by atoms with Crippen LogP contribution < -0.4 is 9.04 Å². The fraction of sp³-hybridized carbons (Fsp3) is 0.0769. The molecule has 0 saturated carbocycles. The topological polar surface area (TPSA) is 46.6 Å². The third-order valence-corrected chi connectivity index (χ3v) is 6.43. The van der Waals surface area contributed by atoms with Crippen LogP contribution in [0.15, 0.2) is 102 Å². The van der Waals surface area contributed by atoms with Gasteiger partial charge < -0.3 is 4.74 Å². The van der Waals surface area contributed by atoms with E-state index < -0.39 is 10.0 Å². The molecule has 0 bridgehead atoms. The minimum Gasteiger partial charge on any atom is -0.480 e. The Labute approximate surface area is 182 Å². The second-order valence-corrected chi connectivity index (χ2v) is 8.76. The molecule has 154 valence electrons. The molecule has 0 aromatic heterocycles. The number of nitrogens with zero attached hydrogens (tertiary/aromatic N) is 1. The molecule has 0 spiro atoms. The zero-order chi connectivity index (χ0) is 21.7. The Hall–Kier alpha value is -3.75. The van der Waals surface area contributed by atoms with Gasteiger partial charge in [-0.15, -0.1) is 0 Å². The lowest BCUT2D eigenvalue weighted by molar-refractivity contribution is 0.374. The lowest BCUT2D eigenvalue weighted by atomic mass is 10.1. The van der Waals surface area contributed by atoms with Gasteiger partial charge in [0.2, 0.25) is 0 Å². The third kappa shape index (κ3) is 4.55. The van der Waals surface area contributed by atoms with E-state index in [2.05, 4.69) is 12.0 Å². The van der Waals surface area contributed by atoms with E-state index in [1.54, 1.807) is 48.5 Å². The van der Waals surface area contributed by atoms with Crippen LogP contribution in [0.1, 0.15) is 5.56 Å². The van der Waals surface area contributed by atoms with Crippen molar-refractivity contribution in [3.63, 3.8) is 0 Å². The summed E-state index contributed by atoms with van der Waals surface area (Å²) >= 11 is 0. The number of benzene rings is 4. The summed E-state index contributed by atoms with van der Waals surface area (Å²) in [6, 6.07) is 32.0. The Kier molecular flexibility index (Phi) is 5.92. The van der Waals surface area contributed by atoms with E-state index in [-0.39, 0.29) is 11.5 Å². The Morgan fingerprint density at radius 3 is 2.26 bits per heavy atom. The molecule has 0 unspecified atom stereocenters. The molecule has 0 aliphatic rings. The van der Waals surface area contributed by atoms with E-state index in [1.807, 2.05) is 55.5 Å². The van der Waals surface area contributed by atoms with Crippen molar-refractivity contribution in [2.24, 2.45) is 0 Å². The highest BCUT2D eigenvalue weighted by molar-refractivity contribution is 7.93. The van der Waals surface area contributed by atoms with Crippen LogP contribution in [-0.4, -0.2) is 15.0 Å². The monoisotopic (exact) mass is 427 g/mol. The lowest BCUT2D eigenvalue weighted by Crippen LogP contribution is -2.26. The fourth-order valence-electron chi connectivity index (χ4n) is 3.18. The number of rotatable bonds is 5. The molecule has 0 saturated heterocycles. The van der Waals surface area contributed by atoms with E-state index >= 15 is 0 Å². The van der Waals surface area contributed by atoms with Crippen LogP contribution >= 0.6 is 0 Å². The van der Waals surface area contributed by atoms with Gasteiger partial charge in [-0.2, -0.15) is 4.31 Å². The van der Waals surface area contributed by atoms with Crippen LogP contribution in [-0.2, 0) is 10.0 Å². The Morgan fingerprint density at radius 2 is 1.48 bits per heavy atom. The van der Waals surface area contributed by atoms with Crippen molar-refractivity contribution in [3.05, 3.63) is 103 Å². The number of sulfonamides is 1. The Bertz CT molecular complexity index is 1350. The van der Waals surface area contributed by atoms with Crippen molar-refractivity contribution in [1.29, 1.82) is 0 Å². The third-order valence-electron chi connectivity index (χ3n) is 4.78. The number of ether oxygens (including phenoxy) is 1. The highest BCUT2D eigenvalue weighted by Crippen LogP contribution is 2.25. The molecule has 4 rings (SSSR count). The van der Waals surface area contributed by atoms with Crippen molar-refractivity contribution < 1.29 is 13.2 Å². The van der Waals surface area contributed by atoms with E-state index in [0.29, 0.717) is 11.4 Å². The summed E-state index contributed by atoms with van der Waals surface area (Å²) in [4.78, 5) is 0.186. The SMILES string of the molecule is Cc1ccc(S(=O)(=O)N(C#CCOc2cccc3ccccc23)c2ccccc2)cc1. The molecule has 4 aromatic carbocycles. The van der Waals surface area contributed by atoms with Crippen LogP contribution in [0, 0.1) is 18.9 Å². The summed E-state index contributed by atoms with van der Waals surface area (Å²) < 4.78 is 33.5. The van der Waals surface area contributed by atoms with Gasteiger partial charge in [-0.25, -0.2) is 8.42 Å². The second-order valence-electron chi connectivity index (χ2n) is 6.97. The van der Waals surface area contributed by atoms with E-state index in [9.17, 15) is 8.42 Å². The zero-order valence-electron chi connectivity index (χ0n) is 17.0. The normalized spacial score (nSPS) is 10.9. The summed E-state index contributed by atoms with van der Waals surface area (Å²) in [6.45, 7) is 1.97. The number of hydrogen-bond donors (Lipinski definition) is 0. The standard InChI is InChI=1S/C26H21NO3S/c1-21-15-17-24(18-16-21)31(28,29)27(23-11-3-2-4-12-23)19-8-20-30-26-14-7-10-22-9-5-6-13-25(22)26/h2-7,9-18H,20H2,1H3. The van der Waals surface area contributed by atoms with E-state index in [1.165, 1.54) is 0 Å². The molecule has 31 heavy (non-hydrogen) atoms. The molecule has 4 nitrogen and oxygen atoms in total. The van der Waals surface area contributed by atoms with E-state index in [4.69, 9.17) is 4.74 Å². The smallest absolute Gasteiger partial charge is 0.275 e. The molecule has 0 N–H and O–H groups in total. The average molecular weight is 428 g/mol. The Balaban J connectivity index is 1.62. The lowest BCUT2D eigenvalue weighted by Gasteiger charge is -2.18. The summed E-state index contributed by atoms with van der Waals surface area (Å²) in [6.07, 6.45) is 0. The quantitative estimate of drug-likeness (QED) is 0.317. The van der Waals surface area contributed by atoms with Crippen LogP contribution in [0.2, 0.25) is 0 Å². The van der Waals surface area contributed by atoms with Crippen LogP contribution in [0.5, 0.6) is 5.75 Å². The van der Waals surface area contributed by atoms with Crippen molar-refractivity contribution in [2.75, 3.05) is 10.9 Å². The van der Waals surface area contributed by atoms with Gasteiger partial charge in [0.15, 0.2) is 6.61 Å². The molecule has 4 aromatic rings. The van der Waals surface area contributed by atoms with Gasteiger partial charge in [0, 0.05) is 11.4 Å². The summed E-state index contributed by atoms with van der Waals surface area (Å²) in [5.74, 6) is 3.57. The molecule has 0 aliphatic carbocycles. The minimum atomic E-state index is -3.85. The van der Waals surface area contributed by atoms with Gasteiger partial charge in [-0.3, -0.25) is 0 Å². The van der Waals surface area contributed by atoms with E-state index in [0.717, 1.165) is 20.6 Å². The van der Waals surface area contributed by atoms with Gasteiger partial charge in [-0.1, -0.05) is 72.3 Å². The van der Waals surface area contributed by atoms with Gasteiger partial charge >= 0.3 is 0 Å². The van der Waals surface area contributed by atoms with Crippen molar-refractivity contribution in [2.45, 2.75) is 11.8 Å². The predicted octanol–water partition coefficient (Wildman–Crippen LogP) is 5.38. The summed E-state index contributed by atoms with van der Waals surface area (Å²) in [5, 5.41) is 2.06. The van der Waals surface area contributed by atoms with Crippen molar-refractivity contribution in [1.82, 2.24) is 0 Å². The first kappa shape index (κ1) is 20.5. The molecule has 0 atom stereocenters. The number of aryl methyl sites for hydroxylation is 1. The molecule has 5 heteroatoms. The predicted molar refractivity (Wildman–Crippen MR) is 125 cm³/mol. The maximum atomic E-state index is 13.3.